The molecule has 0 aromatic heterocycles. The van der Waals surface area contributed by atoms with Crippen molar-refractivity contribution in [1.29, 1.82) is 0 Å². The van der Waals surface area contributed by atoms with Crippen LogP contribution >= 0.6 is 33.2 Å². The molecule has 2 fully saturated rings. The van der Waals surface area contributed by atoms with Crippen LogP contribution in [-0.2, 0) is 50.9 Å². The summed E-state index contributed by atoms with van der Waals surface area (Å²) < 4.78 is 43.9. The number of carbonyl (C=O) groups is 5. The molecule has 3 aliphatic rings. The number of rotatable bonds is 14. The first-order valence-electron chi connectivity index (χ1n) is 19.9. The highest BCUT2D eigenvalue weighted by molar-refractivity contribution is 8.77. The van der Waals surface area contributed by atoms with Crippen LogP contribution in [0.25, 0.3) is 0 Å². The molecule has 3 aliphatic heterocycles. The molecule has 0 radical (unpaired) electrons. The number of allylic oxidation sites excluding steroid dienone is 3. The van der Waals surface area contributed by atoms with E-state index in [1.807, 2.05) is 26.8 Å². The van der Waals surface area contributed by atoms with E-state index < -0.39 is 86.6 Å². The Kier molecular flexibility index (Phi) is 17.2. The van der Waals surface area contributed by atoms with E-state index >= 15 is 0 Å². The Morgan fingerprint density at radius 3 is 2.59 bits per heavy atom. The third-order valence-electron chi connectivity index (χ3n) is 11.4. The lowest BCUT2D eigenvalue weighted by Crippen LogP contribution is -2.57. The first-order chi connectivity index (χ1) is 28.4. The van der Waals surface area contributed by atoms with Crippen molar-refractivity contribution in [3.05, 3.63) is 46.5 Å². The second-order valence-corrected chi connectivity index (χ2v) is 21.3. The number of halogens is 1. The van der Waals surface area contributed by atoms with Gasteiger partial charge in [0.1, 0.15) is 45.6 Å². The summed E-state index contributed by atoms with van der Waals surface area (Å²) in [6.45, 7) is 10.8. The molecule has 4 rings (SSSR count). The number of aliphatic hydroxyl groups is 1. The third kappa shape index (κ3) is 13.1. The second-order valence-electron chi connectivity index (χ2n) is 16.7. The van der Waals surface area contributed by atoms with Gasteiger partial charge in [-0.3, -0.25) is 19.7 Å². The molecule has 1 aromatic rings. The van der Waals surface area contributed by atoms with Crippen molar-refractivity contribution in [1.82, 2.24) is 10.2 Å². The van der Waals surface area contributed by atoms with Gasteiger partial charge < -0.3 is 44.1 Å². The number of nitrogens with one attached hydrogen (secondary N) is 1. The molecule has 0 saturated carbocycles. The average Bonchev–Trinajstić information content (AvgIpc) is 3.88. The quantitative estimate of drug-likeness (QED) is 0.0611. The van der Waals surface area contributed by atoms with Crippen LogP contribution in [0.5, 0.6) is 5.75 Å². The minimum absolute atomic E-state index is 0.0404. The largest absolute Gasteiger partial charge is 0.495 e. The fourth-order valence-electron chi connectivity index (χ4n) is 7.27. The number of likely N-dealkylation sites (N-methyl/N-ethyl adjacent to an activating group) is 1. The average molecular weight is 932 g/mol. The zero-order valence-corrected chi connectivity index (χ0v) is 39.3. The molecule has 340 valence electrons. The molecular weight excluding hydrogens is 872 g/mol. The molecule has 16 nitrogen and oxygen atoms in total. The number of nitrogens with zero attached hydrogens (tertiary/aromatic N) is 2. The van der Waals surface area contributed by atoms with Crippen molar-refractivity contribution in [2.75, 3.05) is 31.9 Å². The van der Waals surface area contributed by atoms with Crippen LogP contribution in [0.4, 0.5) is 10.5 Å². The Morgan fingerprint density at radius 1 is 1.26 bits per heavy atom. The summed E-state index contributed by atoms with van der Waals surface area (Å²) in [5.74, 6) is -2.16. The van der Waals surface area contributed by atoms with Crippen molar-refractivity contribution in [3.8, 4) is 5.75 Å². The fourth-order valence-corrected chi connectivity index (χ4v) is 10.9. The number of anilines is 1. The highest BCUT2D eigenvalue weighted by Crippen LogP contribution is 2.49. The predicted molar refractivity (Wildman–Crippen MR) is 237 cm³/mol. The summed E-state index contributed by atoms with van der Waals surface area (Å²) >= 11 is 4.41. The minimum atomic E-state index is -2.36. The number of benzene rings is 1. The molecule has 4 unspecified atom stereocenters. The number of carbonyl (C=O) groups excluding carboxylic acids is 5. The number of alkyl carbamates (subject to hydrolysis) is 1. The van der Waals surface area contributed by atoms with Crippen LogP contribution in [0.15, 0.2) is 35.9 Å². The summed E-state index contributed by atoms with van der Waals surface area (Å²) in [6, 6.07) is 2.51. The van der Waals surface area contributed by atoms with Crippen molar-refractivity contribution in [3.63, 3.8) is 0 Å². The lowest BCUT2D eigenvalue weighted by atomic mass is 9.84. The van der Waals surface area contributed by atoms with Gasteiger partial charge in [0.25, 0.3) is 0 Å². The number of epoxide rings is 1. The number of ether oxygens (including phenoxy) is 4. The van der Waals surface area contributed by atoms with E-state index in [0.29, 0.717) is 30.0 Å². The van der Waals surface area contributed by atoms with Crippen LogP contribution in [0.2, 0.25) is 5.02 Å². The molecular formula is C41H59ClN4O12S3. The molecule has 0 spiro atoms. The molecule has 20 heteroatoms. The van der Waals surface area contributed by atoms with Crippen LogP contribution in [0, 0.1) is 5.92 Å². The minimum Gasteiger partial charge on any atom is -0.495 e. The lowest BCUT2D eigenvalue weighted by molar-refractivity contribution is -0.162. The standard InChI is InChI=1S/C41H59ClN4O12S3/c1-23-12-10-11-15-41(52)22-29(56-38(51)44-41)24(2)35-40(6,58-35)31(21-33(48)46(8)27-19-26(18-23)20-28(55-9)34(27)42)57-37(50)25(3)45(7)32(47)13-16-39(4,5)60-59-17-14-30(36(43)49)61(53)54/h10-12,19-20,24-25,29-31,35,52H,13-18,21-22H2,1-9H3,(H2,43,49)(H,44,51)(H,53,54)/b11-10+,23-12+/t24-,25?,29+,30?,31+,35+,40?,41-/m1/s1. The molecule has 4 amide bonds. The van der Waals surface area contributed by atoms with Crippen LogP contribution < -0.4 is 20.7 Å². The first-order valence-corrected chi connectivity index (χ1v) is 23.8. The first kappa shape index (κ1) is 50.3. The van der Waals surface area contributed by atoms with Gasteiger partial charge in [-0.1, -0.05) is 63.9 Å². The van der Waals surface area contributed by atoms with Crippen molar-refractivity contribution in [2.45, 2.75) is 132 Å². The van der Waals surface area contributed by atoms with Gasteiger partial charge in [0.05, 0.1) is 25.3 Å². The number of hydrogen-bond acceptors (Lipinski definition) is 13. The van der Waals surface area contributed by atoms with E-state index in [-0.39, 0.29) is 43.0 Å². The van der Waals surface area contributed by atoms with Gasteiger partial charge >= 0.3 is 12.1 Å². The van der Waals surface area contributed by atoms with Gasteiger partial charge in [0.2, 0.25) is 17.7 Å². The number of methoxy groups -OCH3 is 1. The SMILES string of the molecule is COc1cc2cc(c1Cl)N(C)C(=O)C[C@H](OC(=O)C(C)N(C)C(=O)CCC(C)(C)SSCCC(C(N)=O)S(=O)O)C1(C)O[C@H]1[C@H](C)[C@@H]1C[C@](O)(C/C=C/C=C(\C)C2)NC(=O)O1. The second kappa shape index (κ2) is 20.9. The normalized spacial score (nSPS) is 28.7. The van der Waals surface area contributed by atoms with Gasteiger partial charge in [0, 0.05) is 49.8 Å². The fraction of sp³-hybridized carbons (Fsp3) is 0.634. The van der Waals surface area contributed by atoms with Crippen molar-refractivity contribution in [2.24, 2.45) is 11.7 Å². The molecule has 1 aromatic carbocycles. The van der Waals surface area contributed by atoms with Gasteiger partial charge in [-0.15, -0.1) is 0 Å². The van der Waals surface area contributed by atoms with Crippen molar-refractivity contribution >= 4 is 79.7 Å². The van der Waals surface area contributed by atoms with Crippen LogP contribution in [0.1, 0.15) is 85.6 Å². The predicted octanol–water partition coefficient (Wildman–Crippen LogP) is 5.30. The van der Waals surface area contributed by atoms with Crippen LogP contribution in [0.3, 0.4) is 0 Å². The van der Waals surface area contributed by atoms with E-state index in [1.54, 1.807) is 45.2 Å². The molecule has 61 heavy (non-hydrogen) atoms. The van der Waals surface area contributed by atoms with Gasteiger partial charge in [-0.25, -0.2) is 13.8 Å². The summed E-state index contributed by atoms with van der Waals surface area (Å²) in [5, 5.41) is 13.0. The zero-order valence-electron chi connectivity index (χ0n) is 36.1. The molecule has 9 atom stereocenters. The maximum atomic E-state index is 14.2. The molecule has 3 heterocycles. The molecule has 4 bridgehead atoms. The maximum Gasteiger partial charge on any atom is 0.409 e. The van der Waals surface area contributed by atoms with E-state index in [1.165, 1.54) is 52.5 Å². The highest BCUT2D eigenvalue weighted by Gasteiger charge is 2.64. The van der Waals surface area contributed by atoms with Gasteiger partial charge in [0.15, 0.2) is 11.1 Å². The van der Waals surface area contributed by atoms with E-state index in [9.17, 15) is 37.8 Å². The Hall–Kier alpha value is -3.33. The van der Waals surface area contributed by atoms with E-state index in [4.69, 9.17) is 36.3 Å². The topological polar surface area (TPSA) is 228 Å². The Balaban J connectivity index is 1.55. The number of hydrogen-bond donors (Lipinski definition) is 4. The smallest absolute Gasteiger partial charge is 0.409 e. The zero-order chi connectivity index (χ0) is 45.6. The number of fused-ring (bicyclic) bond motifs is 5. The maximum absolute atomic E-state index is 14.2. The molecule has 5 N–H and O–H groups in total. The summed E-state index contributed by atoms with van der Waals surface area (Å²) in [7, 11) is 7.40. The third-order valence-corrected chi connectivity index (χ3v) is 16.1. The van der Waals surface area contributed by atoms with Gasteiger partial charge in [-0.2, -0.15) is 0 Å². The summed E-state index contributed by atoms with van der Waals surface area (Å²) in [5.41, 5.74) is 4.52. The lowest BCUT2D eigenvalue weighted by Gasteiger charge is -2.39. The van der Waals surface area contributed by atoms with Crippen molar-refractivity contribution < 1.29 is 56.8 Å². The highest BCUT2D eigenvalue weighted by atomic mass is 35.5. The summed E-state index contributed by atoms with van der Waals surface area (Å²) in [4.78, 5) is 68.5. The molecule has 0 aliphatic carbocycles. The van der Waals surface area contributed by atoms with Gasteiger partial charge in [-0.05, 0) is 71.6 Å². The number of nitrogens with two attached hydrogens (primary N) is 1. The van der Waals surface area contributed by atoms with E-state index in [2.05, 4.69) is 5.32 Å². The number of amides is 4. The molecule has 2 saturated heterocycles. The Labute approximate surface area is 373 Å². The number of primary amides is 1. The monoisotopic (exact) mass is 930 g/mol. The number of esters is 1. The Bertz CT molecular complexity index is 1900. The van der Waals surface area contributed by atoms with Crippen LogP contribution in [-0.4, -0.2) is 121 Å². The summed E-state index contributed by atoms with van der Waals surface area (Å²) in [6.07, 6.45) is 2.94. The van der Waals surface area contributed by atoms with E-state index in [0.717, 1.165) is 11.1 Å². The Morgan fingerprint density at radius 2 is 1.95 bits per heavy atom.